The van der Waals surface area contributed by atoms with E-state index in [0.717, 1.165) is 0 Å². The third-order valence-corrected chi connectivity index (χ3v) is 1.38. The zero-order chi connectivity index (χ0) is 8.27. The smallest absolute Gasteiger partial charge is 0.336 e. The Morgan fingerprint density at radius 1 is 1.82 bits per heavy atom. The minimum Gasteiger partial charge on any atom is -0.464 e. The summed E-state index contributed by atoms with van der Waals surface area (Å²) in [4.78, 5) is 18.7. The second kappa shape index (κ2) is 3.27. The van der Waals surface area contributed by atoms with E-state index in [4.69, 9.17) is 4.74 Å². The maximum atomic E-state index is 11.0. The lowest BCUT2D eigenvalue weighted by atomic mass is 10.2. The van der Waals surface area contributed by atoms with Gasteiger partial charge in [-0.05, 0) is 13.8 Å². The van der Waals surface area contributed by atoms with Crippen molar-refractivity contribution in [2.45, 2.75) is 19.9 Å². The van der Waals surface area contributed by atoms with E-state index >= 15 is 0 Å². The topological polar surface area (TPSA) is 51.0 Å². The molecule has 0 spiro atoms. The minimum atomic E-state index is -0.491. The van der Waals surface area contributed by atoms with Gasteiger partial charge in [-0.3, -0.25) is 4.99 Å². The van der Waals surface area contributed by atoms with E-state index in [2.05, 4.69) is 9.98 Å². The number of carbonyl (C=O) groups is 1. The van der Waals surface area contributed by atoms with Crippen LogP contribution in [0.15, 0.2) is 9.98 Å². The highest BCUT2D eigenvalue weighted by Crippen LogP contribution is 2.03. The Morgan fingerprint density at radius 3 is 3.00 bits per heavy atom. The number of aliphatic imine (C=N–C) groups is 2. The first-order valence-corrected chi connectivity index (χ1v) is 3.48. The van der Waals surface area contributed by atoms with Crippen molar-refractivity contribution in [3.8, 4) is 0 Å². The molecule has 0 N–H and O–H groups in total. The first kappa shape index (κ1) is 7.91. The van der Waals surface area contributed by atoms with E-state index in [1.807, 2.05) is 0 Å². The average Bonchev–Trinajstić information content (AvgIpc) is 2.36. The Morgan fingerprint density at radius 2 is 2.55 bits per heavy atom. The fourth-order valence-corrected chi connectivity index (χ4v) is 0.822. The SMILES string of the molecule is CCOC(=O)[C@@H]1N=CN=C1C. The minimum absolute atomic E-state index is 0.317. The van der Waals surface area contributed by atoms with Crippen LogP contribution in [0, 0.1) is 0 Å². The summed E-state index contributed by atoms with van der Waals surface area (Å²) in [5, 5.41) is 0. The molecule has 1 rings (SSSR count). The van der Waals surface area contributed by atoms with Gasteiger partial charge in [0.25, 0.3) is 0 Å². The van der Waals surface area contributed by atoms with Crippen molar-refractivity contribution >= 4 is 18.0 Å². The molecule has 1 aliphatic rings. The van der Waals surface area contributed by atoms with Gasteiger partial charge in [-0.2, -0.15) is 0 Å². The van der Waals surface area contributed by atoms with Gasteiger partial charge in [0.15, 0.2) is 6.04 Å². The third kappa shape index (κ3) is 1.63. The molecule has 0 aromatic carbocycles. The van der Waals surface area contributed by atoms with E-state index in [1.54, 1.807) is 13.8 Å². The van der Waals surface area contributed by atoms with Crippen molar-refractivity contribution < 1.29 is 9.53 Å². The van der Waals surface area contributed by atoms with Gasteiger partial charge in [0, 0.05) is 0 Å². The van der Waals surface area contributed by atoms with Gasteiger partial charge in [-0.25, -0.2) is 9.79 Å². The average molecular weight is 154 g/mol. The van der Waals surface area contributed by atoms with E-state index in [1.165, 1.54) is 6.34 Å². The normalized spacial score (nSPS) is 21.6. The summed E-state index contributed by atoms with van der Waals surface area (Å²) in [5.41, 5.74) is 0.698. The summed E-state index contributed by atoms with van der Waals surface area (Å²) < 4.78 is 4.76. The lowest BCUT2D eigenvalue weighted by Gasteiger charge is -2.05. The molecular formula is C7H10N2O2. The van der Waals surface area contributed by atoms with Crippen LogP contribution in [0.2, 0.25) is 0 Å². The monoisotopic (exact) mass is 154 g/mol. The molecule has 4 nitrogen and oxygen atoms in total. The molecule has 0 saturated heterocycles. The van der Waals surface area contributed by atoms with Crippen LogP contribution in [-0.2, 0) is 9.53 Å². The maximum absolute atomic E-state index is 11.0. The van der Waals surface area contributed by atoms with Crippen molar-refractivity contribution in [3.63, 3.8) is 0 Å². The van der Waals surface area contributed by atoms with E-state index in [-0.39, 0.29) is 5.97 Å². The van der Waals surface area contributed by atoms with Crippen molar-refractivity contribution in [1.82, 2.24) is 0 Å². The third-order valence-electron chi connectivity index (χ3n) is 1.38. The van der Waals surface area contributed by atoms with Gasteiger partial charge in [-0.15, -0.1) is 0 Å². The molecule has 60 valence electrons. The predicted molar refractivity (Wildman–Crippen MR) is 42.0 cm³/mol. The summed E-state index contributed by atoms with van der Waals surface area (Å²) in [5.74, 6) is -0.317. The lowest BCUT2D eigenvalue weighted by Crippen LogP contribution is -2.26. The highest BCUT2D eigenvalue weighted by Gasteiger charge is 2.23. The Kier molecular flexibility index (Phi) is 2.36. The van der Waals surface area contributed by atoms with E-state index in [0.29, 0.717) is 12.3 Å². The quantitative estimate of drug-likeness (QED) is 0.541. The Hall–Kier alpha value is -1.19. The molecule has 0 radical (unpaired) electrons. The van der Waals surface area contributed by atoms with Gasteiger partial charge in [-0.1, -0.05) is 0 Å². The largest absolute Gasteiger partial charge is 0.464 e. The summed E-state index contributed by atoms with van der Waals surface area (Å²) in [6.07, 6.45) is 1.39. The van der Waals surface area contributed by atoms with Gasteiger partial charge in [0.05, 0.1) is 12.3 Å². The molecule has 1 atom stereocenters. The van der Waals surface area contributed by atoms with Gasteiger partial charge >= 0.3 is 5.97 Å². The van der Waals surface area contributed by atoms with Crippen LogP contribution in [0.25, 0.3) is 0 Å². The van der Waals surface area contributed by atoms with E-state index < -0.39 is 6.04 Å². The molecule has 1 heterocycles. The van der Waals surface area contributed by atoms with Gasteiger partial charge < -0.3 is 4.74 Å². The zero-order valence-corrected chi connectivity index (χ0v) is 6.57. The Labute approximate surface area is 65.0 Å². The van der Waals surface area contributed by atoms with Crippen LogP contribution in [0.5, 0.6) is 0 Å². The molecule has 0 aromatic heterocycles. The molecule has 0 saturated carbocycles. The maximum Gasteiger partial charge on any atom is 0.336 e. The number of rotatable bonds is 2. The molecular weight excluding hydrogens is 144 g/mol. The van der Waals surface area contributed by atoms with Crippen molar-refractivity contribution in [3.05, 3.63) is 0 Å². The zero-order valence-electron chi connectivity index (χ0n) is 6.57. The molecule has 0 unspecified atom stereocenters. The number of ether oxygens (including phenoxy) is 1. The highest BCUT2D eigenvalue weighted by atomic mass is 16.5. The lowest BCUT2D eigenvalue weighted by molar-refractivity contribution is -0.142. The predicted octanol–water partition coefficient (Wildman–Crippen LogP) is 0.421. The van der Waals surface area contributed by atoms with Crippen LogP contribution in [0.4, 0.5) is 0 Å². The van der Waals surface area contributed by atoms with Crippen LogP contribution in [0.1, 0.15) is 13.8 Å². The van der Waals surface area contributed by atoms with Gasteiger partial charge in [0.1, 0.15) is 6.34 Å². The molecule has 0 aromatic rings. The van der Waals surface area contributed by atoms with E-state index in [9.17, 15) is 4.79 Å². The number of carbonyl (C=O) groups excluding carboxylic acids is 1. The molecule has 11 heavy (non-hydrogen) atoms. The second-order valence-corrected chi connectivity index (χ2v) is 2.19. The highest BCUT2D eigenvalue weighted by molar-refractivity contribution is 6.10. The van der Waals surface area contributed by atoms with Crippen LogP contribution >= 0.6 is 0 Å². The van der Waals surface area contributed by atoms with Crippen molar-refractivity contribution in [2.75, 3.05) is 6.61 Å². The first-order valence-electron chi connectivity index (χ1n) is 3.48. The fourth-order valence-electron chi connectivity index (χ4n) is 0.822. The van der Waals surface area contributed by atoms with Crippen LogP contribution in [0.3, 0.4) is 0 Å². The molecule has 0 bridgehead atoms. The van der Waals surface area contributed by atoms with Crippen molar-refractivity contribution in [2.24, 2.45) is 9.98 Å². The van der Waals surface area contributed by atoms with Gasteiger partial charge in [0.2, 0.25) is 0 Å². The molecule has 0 amide bonds. The summed E-state index contributed by atoms with van der Waals surface area (Å²) in [7, 11) is 0. The summed E-state index contributed by atoms with van der Waals surface area (Å²) in [6, 6.07) is -0.491. The number of hydrogen-bond acceptors (Lipinski definition) is 4. The fraction of sp³-hybridized carbons (Fsp3) is 0.571. The molecule has 0 fully saturated rings. The van der Waals surface area contributed by atoms with Crippen LogP contribution < -0.4 is 0 Å². The number of esters is 1. The Bertz CT molecular complexity index is 220. The summed E-state index contributed by atoms with van der Waals surface area (Å²) >= 11 is 0. The number of hydrogen-bond donors (Lipinski definition) is 0. The Balaban J connectivity index is 2.55. The van der Waals surface area contributed by atoms with Crippen LogP contribution in [-0.4, -0.2) is 30.7 Å². The second-order valence-electron chi connectivity index (χ2n) is 2.19. The molecule has 1 aliphatic heterocycles. The number of nitrogens with zero attached hydrogens (tertiary/aromatic N) is 2. The first-order chi connectivity index (χ1) is 5.25. The van der Waals surface area contributed by atoms with Crippen molar-refractivity contribution in [1.29, 1.82) is 0 Å². The summed E-state index contributed by atoms with van der Waals surface area (Å²) in [6.45, 7) is 3.91. The molecule has 0 aliphatic carbocycles. The molecule has 4 heteroatoms. The standard InChI is InChI=1S/C7H10N2O2/c1-3-11-7(10)6-5(2)8-4-9-6/h4,6H,3H2,1-2H3/t6-/m1/s1.